The minimum Gasteiger partial charge on any atom is -0.449 e. The van der Waals surface area contributed by atoms with E-state index in [1.807, 2.05) is 0 Å². The van der Waals surface area contributed by atoms with Crippen molar-refractivity contribution in [3.05, 3.63) is 22.5 Å². The van der Waals surface area contributed by atoms with E-state index < -0.39 is 35.8 Å². The predicted molar refractivity (Wildman–Crippen MR) is 128 cm³/mol. The molecule has 1 atom stereocenters. The maximum atomic E-state index is 14.0. The number of rotatable bonds is 12. The number of nitrogens with one attached hydrogen (secondary N) is 1. The van der Waals surface area contributed by atoms with Crippen molar-refractivity contribution in [2.75, 3.05) is 37.3 Å². The van der Waals surface area contributed by atoms with E-state index in [9.17, 15) is 18.8 Å². The number of unbranched alkanes of at least 4 members (excludes halogenated alkanes) is 6. The highest BCUT2D eigenvalue weighted by atomic mass is 32.2. The highest BCUT2D eigenvalue weighted by Gasteiger charge is 2.22. The van der Waals surface area contributed by atoms with Gasteiger partial charge < -0.3 is 18.9 Å². The number of amides is 1. The Morgan fingerprint density at radius 2 is 1.79 bits per heavy atom. The quantitative estimate of drug-likeness (QED) is 0.306. The largest absolute Gasteiger partial charge is 0.507 e. The number of ether oxygens (including phenoxy) is 4. The number of hydrogen-bond donors (Lipinski definition) is 1. The third-order valence-electron chi connectivity index (χ3n) is 4.66. The van der Waals surface area contributed by atoms with E-state index >= 15 is 0 Å². The van der Waals surface area contributed by atoms with Gasteiger partial charge in [0.1, 0.15) is 6.23 Å². The Bertz CT molecular complexity index is 788. The second-order valence-corrected chi connectivity index (χ2v) is 8.40. The maximum absolute atomic E-state index is 14.0. The highest BCUT2D eigenvalue weighted by Crippen LogP contribution is 2.24. The molecule has 0 unspecified atom stereocenters. The van der Waals surface area contributed by atoms with Crippen molar-refractivity contribution in [3.63, 3.8) is 0 Å². The van der Waals surface area contributed by atoms with Crippen molar-refractivity contribution in [1.29, 1.82) is 0 Å². The van der Waals surface area contributed by atoms with Gasteiger partial charge in [0.2, 0.25) is 0 Å². The molecule has 2 heterocycles. The van der Waals surface area contributed by atoms with E-state index in [0.29, 0.717) is 18.3 Å². The van der Waals surface area contributed by atoms with E-state index in [-0.39, 0.29) is 6.61 Å². The minimum absolute atomic E-state index is 0.248. The van der Waals surface area contributed by atoms with Crippen LogP contribution in [-0.2, 0) is 18.9 Å². The Balaban J connectivity index is 0.000000445. The fraction of sp³-hybridized carbons (Fsp3) is 0.727. The Morgan fingerprint density at radius 3 is 2.35 bits per heavy atom. The Kier molecular flexibility index (Phi) is 15.8. The van der Waals surface area contributed by atoms with Gasteiger partial charge in [-0.25, -0.2) is 18.8 Å². The molecule has 10 nitrogen and oxygen atoms in total. The van der Waals surface area contributed by atoms with Crippen molar-refractivity contribution in [1.82, 2.24) is 9.55 Å². The zero-order chi connectivity index (χ0) is 25.2. The second kappa shape index (κ2) is 18.0. The first-order valence-corrected chi connectivity index (χ1v) is 12.7. The van der Waals surface area contributed by atoms with Crippen molar-refractivity contribution in [2.24, 2.45) is 0 Å². The average molecular weight is 506 g/mol. The molecule has 0 saturated carbocycles. The van der Waals surface area contributed by atoms with Crippen LogP contribution in [0, 0.1) is 5.82 Å². The SMILES string of the molecule is CCCCCCOC(=O)Nc1nc(=O)n([C@@H]2CSCO2)cc1F.CCCCCCOC(=O)OC. The van der Waals surface area contributed by atoms with E-state index in [2.05, 4.69) is 33.6 Å². The highest BCUT2D eigenvalue weighted by molar-refractivity contribution is 7.99. The molecule has 1 aromatic heterocycles. The van der Waals surface area contributed by atoms with Crippen LogP contribution in [-0.4, -0.2) is 53.8 Å². The molecule has 1 fully saturated rings. The third kappa shape index (κ3) is 12.2. The van der Waals surface area contributed by atoms with Gasteiger partial charge in [0.05, 0.1) is 32.5 Å². The molecule has 0 aliphatic carbocycles. The lowest BCUT2D eigenvalue weighted by atomic mass is 10.2. The molecule has 0 aromatic carbocycles. The van der Waals surface area contributed by atoms with Gasteiger partial charge in [0.15, 0.2) is 11.6 Å². The molecule has 1 aromatic rings. The van der Waals surface area contributed by atoms with Crippen LogP contribution in [0.15, 0.2) is 11.0 Å². The van der Waals surface area contributed by atoms with E-state index in [4.69, 9.17) is 9.47 Å². The number of anilines is 1. The van der Waals surface area contributed by atoms with Crippen LogP contribution in [0.25, 0.3) is 0 Å². The number of nitrogens with zero attached hydrogens (tertiary/aromatic N) is 2. The number of hydrogen-bond acceptors (Lipinski definition) is 9. The van der Waals surface area contributed by atoms with Crippen LogP contribution in [0.4, 0.5) is 19.8 Å². The van der Waals surface area contributed by atoms with E-state index in [1.54, 1.807) is 0 Å². The number of thioether (sulfide) groups is 1. The summed E-state index contributed by atoms with van der Waals surface area (Å²) in [4.78, 5) is 37.4. The lowest BCUT2D eigenvalue weighted by Crippen LogP contribution is -2.30. The zero-order valence-electron chi connectivity index (χ0n) is 20.2. The Hall–Kier alpha value is -2.34. The molecule has 1 amide bonds. The molecule has 2 rings (SSSR count). The molecule has 1 aliphatic heterocycles. The molecule has 0 bridgehead atoms. The molecule has 1 saturated heterocycles. The summed E-state index contributed by atoms with van der Waals surface area (Å²) in [6, 6.07) is 0. The summed E-state index contributed by atoms with van der Waals surface area (Å²) >= 11 is 1.50. The fourth-order valence-electron chi connectivity index (χ4n) is 2.79. The molecule has 0 spiro atoms. The molecule has 34 heavy (non-hydrogen) atoms. The van der Waals surface area contributed by atoms with E-state index in [0.717, 1.165) is 49.3 Å². The third-order valence-corrected chi connectivity index (χ3v) is 5.48. The molecular weight excluding hydrogens is 469 g/mol. The molecule has 1 N–H and O–H groups in total. The number of aromatic nitrogens is 2. The number of methoxy groups -OCH3 is 1. The first kappa shape index (κ1) is 29.7. The molecule has 194 valence electrons. The van der Waals surface area contributed by atoms with Crippen LogP contribution < -0.4 is 11.0 Å². The van der Waals surface area contributed by atoms with Gasteiger partial charge in [-0.05, 0) is 12.8 Å². The summed E-state index contributed by atoms with van der Waals surface area (Å²) < 4.78 is 34.2. The molecule has 0 radical (unpaired) electrons. The summed E-state index contributed by atoms with van der Waals surface area (Å²) in [5, 5.41) is 2.15. The van der Waals surface area contributed by atoms with Gasteiger partial charge in [0.25, 0.3) is 0 Å². The van der Waals surface area contributed by atoms with Crippen LogP contribution in [0.5, 0.6) is 0 Å². The molecule has 1 aliphatic rings. The Labute approximate surface area is 203 Å². The number of carbonyl (C=O) groups is 2. The average Bonchev–Trinajstić information content (AvgIpc) is 3.36. The normalized spacial score (nSPS) is 14.6. The summed E-state index contributed by atoms with van der Waals surface area (Å²) in [7, 11) is 1.31. The zero-order valence-corrected chi connectivity index (χ0v) is 21.0. The van der Waals surface area contributed by atoms with Gasteiger partial charge in [-0.3, -0.25) is 9.88 Å². The molecule has 12 heteroatoms. The fourth-order valence-corrected chi connectivity index (χ4v) is 3.60. The predicted octanol–water partition coefficient (Wildman–Crippen LogP) is 5.08. The number of carbonyl (C=O) groups excluding carboxylic acids is 2. The first-order valence-electron chi connectivity index (χ1n) is 11.5. The van der Waals surface area contributed by atoms with Crippen molar-refractivity contribution in [3.8, 4) is 0 Å². The summed E-state index contributed by atoms with van der Waals surface area (Å²) in [5.74, 6) is -0.250. The maximum Gasteiger partial charge on any atom is 0.507 e. The Morgan fingerprint density at radius 1 is 1.15 bits per heavy atom. The molecular formula is C22H36FN3O7S. The van der Waals surface area contributed by atoms with Gasteiger partial charge >= 0.3 is 17.9 Å². The van der Waals surface area contributed by atoms with Gasteiger partial charge in [-0.1, -0.05) is 52.4 Å². The van der Waals surface area contributed by atoms with Crippen LogP contribution in [0.2, 0.25) is 0 Å². The van der Waals surface area contributed by atoms with E-state index in [1.165, 1.54) is 31.7 Å². The first-order chi connectivity index (χ1) is 16.4. The lowest BCUT2D eigenvalue weighted by Gasteiger charge is -2.13. The van der Waals surface area contributed by atoms with Crippen LogP contribution >= 0.6 is 11.8 Å². The summed E-state index contributed by atoms with van der Waals surface area (Å²) in [5.41, 5.74) is -0.683. The monoisotopic (exact) mass is 505 g/mol. The second-order valence-electron chi connectivity index (χ2n) is 7.42. The topological polar surface area (TPSA) is 118 Å². The van der Waals surface area contributed by atoms with Crippen molar-refractivity contribution in [2.45, 2.75) is 71.4 Å². The summed E-state index contributed by atoms with van der Waals surface area (Å²) in [6.07, 6.45) is 7.36. The lowest BCUT2D eigenvalue weighted by molar-refractivity contribution is 0.0630. The van der Waals surface area contributed by atoms with Crippen molar-refractivity contribution < 1.29 is 32.9 Å². The van der Waals surface area contributed by atoms with Crippen molar-refractivity contribution >= 4 is 29.8 Å². The minimum atomic E-state index is -0.822. The number of halogens is 1. The van der Waals surface area contributed by atoms with Crippen LogP contribution in [0.3, 0.4) is 0 Å². The summed E-state index contributed by atoms with van der Waals surface area (Å²) in [6.45, 7) is 4.95. The van der Waals surface area contributed by atoms with Gasteiger partial charge in [-0.2, -0.15) is 4.98 Å². The standard InChI is InChI=1S/C14H20FN3O4S.C8H16O3/c1-2-3-4-5-6-21-14(20)17-12-10(15)7-18(13(19)16-12)11-8-23-9-22-11;1-3-4-5-6-7-11-8(9)10-2/h7,11H,2-6,8-9H2,1H3,(H,16,17,19,20);3-7H2,1-2H3/t11-;/m0./s1. The van der Waals surface area contributed by atoms with Crippen LogP contribution in [0.1, 0.15) is 71.4 Å². The smallest absolute Gasteiger partial charge is 0.449 e. The van der Waals surface area contributed by atoms with Gasteiger partial charge in [-0.15, -0.1) is 11.8 Å². The van der Waals surface area contributed by atoms with Gasteiger partial charge in [0, 0.05) is 5.75 Å².